The lowest BCUT2D eigenvalue weighted by Gasteiger charge is -2.15. The highest BCUT2D eigenvalue weighted by Crippen LogP contribution is 2.28. The zero-order chi connectivity index (χ0) is 16.3. The summed E-state index contributed by atoms with van der Waals surface area (Å²) in [7, 11) is 0. The van der Waals surface area contributed by atoms with Crippen LogP contribution in [0, 0.1) is 18.6 Å². The Morgan fingerprint density at radius 3 is 2.55 bits per heavy atom. The molecule has 2 aromatic carbocycles. The van der Waals surface area contributed by atoms with Crippen LogP contribution in [0.3, 0.4) is 0 Å². The first-order valence-electron chi connectivity index (χ1n) is 6.97. The molecule has 0 heterocycles. The van der Waals surface area contributed by atoms with Crippen molar-refractivity contribution in [3.05, 3.63) is 58.7 Å². The predicted octanol–water partition coefficient (Wildman–Crippen LogP) is 4.21. The van der Waals surface area contributed by atoms with Crippen LogP contribution in [-0.2, 0) is 17.6 Å². The predicted molar refractivity (Wildman–Crippen MR) is 81.5 cm³/mol. The molecule has 2 rings (SSSR count). The van der Waals surface area contributed by atoms with Crippen molar-refractivity contribution in [1.29, 1.82) is 0 Å². The van der Waals surface area contributed by atoms with Gasteiger partial charge in [-0.05, 0) is 42.2 Å². The smallest absolute Gasteiger partial charge is 0.307 e. The van der Waals surface area contributed by atoms with E-state index in [1.807, 2.05) is 13.0 Å². The highest BCUT2D eigenvalue weighted by Gasteiger charge is 2.13. The Morgan fingerprint density at radius 2 is 1.95 bits per heavy atom. The van der Waals surface area contributed by atoms with E-state index in [9.17, 15) is 13.6 Å². The lowest BCUT2D eigenvalue weighted by Crippen LogP contribution is -2.06. The van der Waals surface area contributed by atoms with Crippen LogP contribution in [0.1, 0.15) is 23.6 Å². The van der Waals surface area contributed by atoms with Crippen LogP contribution < -0.4 is 5.32 Å². The van der Waals surface area contributed by atoms with Gasteiger partial charge >= 0.3 is 5.97 Å². The Morgan fingerprint density at radius 1 is 1.23 bits per heavy atom. The number of aliphatic carboxylic acids is 1. The largest absolute Gasteiger partial charge is 0.481 e. The fraction of sp³-hybridized carbons (Fsp3) is 0.235. The van der Waals surface area contributed by atoms with Gasteiger partial charge in [-0.25, -0.2) is 8.78 Å². The van der Waals surface area contributed by atoms with Gasteiger partial charge in [-0.1, -0.05) is 19.1 Å². The first-order chi connectivity index (χ1) is 10.4. The van der Waals surface area contributed by atoms with Crippen LogP contribution in [0.4, 0.5) is 20.2 Å². The summed E-state index contributed by atoms with van der Waals surface area (Å²) in [6.45, 7) is 3.56. The molecule has 2 N–H and O–H groups in total. The van der Waals surface area contributed by atoms with Crippen molar-refractivity contribution in [3.63, 3.8) is 0 Å². The zero-order valence-corrected chi connectivity index (χ0v) is 12.4. The molecule has 116 valence electrons. The summed E-state index contributed by atoms with van der Waals surface area (Å²) in [4.78, 5) is 11.0. The third-order valence-corrected chi connectivity index (χ3v) is 3.43. The Kier molecular flexibility index (Phi) is 4.75. The van der Waals surface area contributed by atoms with Crippen molar-refractivity contribution in [2.24, 2.45) is 0 Å². The SMILES string of the molecule is CCc1ccc(Nc2c(C)cc(F)cc2F)c(CC(=O)O)c1. The van der Waals surface area contributed by atoms with Gasteiger partial charge in [0, 0.05) is 11.8 Å². The Bertz CT molecular complexity index is 691. The van der Waals surface area contributed by atoms with Crippen LogP contribution in [0.25, 0.3) is 0 Å². The van der Waals surface area contributed by atoms with Gasteiger partial charge in [0.15, 0.2) is 0 Å². The maximum absolute atomic E-state index is 13.9. The Hall–Kier alpha value is -2.43. The molecule has 22 heavy (non-hydrogen) atoms. The summed E-state index contributed by atoms with van der Waals surface area (Å²) in [5.74, 6) is -2.32. The molecule has 0 aromatic heterocycles. The van der Waals surface area contributed by atoms with Gasteiger partial charge in [0.05, 0.1) is 12.1 Å². The molecule has 2 aromatic rings. The molecule has 3 nitrogen and oxygen atoms in total. The topological polar surface area (TPSA) is 49.3 Å². The van der Waals surface area contributed by atoms with Crippen molar-refractivity contribution >= 4 is 17.3 Å². The zero-order valence-electron chi connectivity index (χ0n) is 12.4. The second-order valence-corrected chi connectivity index (χ2v) is 5.12. The van der Waals surface area contributed by atoms with Crippen molar-refractivity contribution < 1.29 is 18.7 Å². The molecule has 0 bridgehead atoms. The number of anilines is 2. The molecule has 0 atom stereocenters. The van der Waals surface area contributed by atoms with Gasteiger partial charge in [-0.15, -0.1) is 0 Å². The van der Waals surface area contributed by atoms with E-state index in [1.54, 1.807) is 19.1 Å². The molecule has 0 aliphatic rings. The van der Waals surface area contributed by atoms with Crippen molar-refractivity contribution in [2.75, 3.05) is 5.32 Å². The molecule has 0 aliphatic heterocycles. The van der Waals surface area contributed by atoms with Crippen LogP contribution in [0.2, 0.25) is 0 Å². The van der Waals surface area contributed by atoms with Gasteiger partial charge in [-0.2, -0.15) is 0 Å². The molecular weight excluding hydrogens is 288 g/mol. The average Bonchev–Trinajstić information content (AvgIpc) is 2.43. The molecule has 0 amide bonds. The molecule has 0 aliphatic carbocycles. The summed E-state index contributed by atoms with van der Waals surface area (Å²) >= 11 is 0. The minimum atomic E-state index is -0.965. The summed E-state index contributed by atoms with van der Waals surface area (Å²) < 4.78 is 27.1. The third kappa shape index (κ3) is 3.61. The number of carbonyl (C=O) groups is 1. The summed E-state index contributed by atoms with van der Waals surface area (Å²) in [5, 5.41) is 11.9. The first-order valence-corrected chi connectivity index (χ1v) is 6.97. The van der Waals surface area contributed by atoms with E-state index in [0.717, 1.165) is 18.1 Å². The quantitative estimate of drug-likeness (QED) is 0.870. The lowest BCUT2D eigenvalue weighted by molar-refractivity contribution is -0.136. The van der Waals surface area contributed by atoms with E-state index < -0.39 is 17.6 Å². The number of nitrogens with one attached hydrogen (secondary N) is 1. The van der Waals surface area contributed by atoms with E-state index in [0.29, 0.717) is 16.8 Å². The number of carboxylic acid groups (broad SMARTS) is 1. The summed E-state index contributed by atoms with van der Waals surface area (Å²) in [5.41, 5.74) is 2.64. The van der Waals surface area contributed by atoms with E-state index in [-0.39, 0.29) is 12.1 Å². The van der Waals surface area contributed by atoms with Gasteiger partial charge in [0.2, 0.25) is 0 Å². The third-order valence-electron chi connectivity index (χ3n) is 3.43. The fourth-order valence-electron chi connectivity index (χ4n) is 2.29. The minimum absolute atomic E-state index is 0.150. The minimum Gasteiger partial charge on any atom is -0.481 e. The lowest BCUT2D eigenvalue weighted by atomic mass is 10.0. The van der Waals surface area contributed by atoms with E-state index in [2.05, 4.69) is 5.32 Å². The summed E-state index contributed by atoms with van der Waals surface area (Å²) in [6, 6.07) is 7.38. The van der Waals surface area contributed by atoms with E-state index >= 15 is 0 Å². The maximum atomic E-state index is 13.9. The van der Waals surface area contributed by atoms with Crippen molar-refractivity contribution in [3.8, 4) is 0 Å². The van der Waals surface area contributed by atoms with Crippen molar-refractivity contribution in [1.82, 2.24) is 0 Å². The molecule has 0 unspecified atom stereocenters. The molecule has 0 saturated carbocycles. The number of hydrogen-bond acceptors (Lipinski definition) is 2. The number of aryl methyl sites for hydroxylation is 2. The number of rotatable bonds is 5. The second-order valence-electron chi connectivity index (χ2n) is 5.12. The molecule has 5 heteroatoms. The summed E-state index contributed by atoms with van der Waals surface area (Å²) in [6.07, 6.45) is 0.606. The van der Waals surface area contributed by atoms with Crippen LogP contribution in [-0.4, -0.2) is 11.1 Å². The second kappa shape index (κ2) is 6.56. The van der Waals surface area contributed by atoms with Crippen LogP contribution >= 0.6 is 0 Å². The van der Waals surface area contributed by atoms with Crippen molar-refractivity contribution in [2.45, 2.75) is 26.7 Å². The van der Waals surface area contributed by atoms with Crippen LogP contribution in [0.15, 0.2) is 30.3 Å². The number of hydrogen-bond donors (Lipinski definition) is 2. The molecular formula is C17H17F2NO2. The van der Waals surface area contributed by atoms with E-state index in [1.165, 1.54) is 6.07 Å². The highest BCUT2D eigenvalue weighted by molar-refractivity contribution is 5.76. The molecule has 0 saturated heterocycles. The molecule has 0 radical (unpaired) electrons. The Labute approximate surface area is 127 Å². The monoisotopic (exact) mass is 305 g/mol. The normalized spacial score (nSPS) is 10.5. The van der Waals surface area contributed by atoms with Gasteiger partial charge in [-0.3, -0.25) is 4.79 Å². The van der Waals surface area contributed by atoms with Gasteiger partial charge in [0.25, 0.3) is 0 Å². The first kappa shape index (κ1) is 15.9. The van der Waals surface area contributed by atoms with E-state index in [4.69, 9.17) is 5.11 Å². The van der Waals surface area contributed by atoms with Crippen LogP contribution in [0.5, 0.6) is 0 Å². The number of halogens is 2. The highest BCUT2D eigenvalue weighted by atomic mass is 19.1. The van der Waals surface area contributed by atoms with Gasteiger partial charge < -0.3 is 10.4 Å². The van der Waals surface area contributed by atoms with Gasteiger partial charge in [0.1, 0.15) is 11.6 Å². The number of carboxylic acids is 1. The molecule has 0 fully saturated rings. The average molecular weight is 305 g/mol. The maximum Gasteiger partial charge on any atom is 0.307 e. The number of benzene rings is 2. The fourth-order valence-corrected chi connectivity index (χ4v) is 2.29. The molecule has 0 spiro atoms. The Balaban J connectivity index is 2.43. The standard InChI is InChI=1S/C17H17F2NO2/c1-3-11-4-5-15(12(7-11)8-16(21)22)20-17-10(2)6-13(18)9-14(17)19/h4-7,9,20H,3,8H2,1-2H3,(H,21,22).